The number of carbonyl (C=O) groups excluding carboxylic acids is 1. The molecule has 0 saturated carbocycles. The Kier molecular flexibility index (Phi) is 6.98. The summed E-state index contributed by atoms with van der Waals surface area (Å²) in [5.41, 5.74) is 1.58. The second-order valence-corrected chi connectivity index (χ2v) is 9.74. The number of carbonyl (C=O) groups is 1. The molecule has 0 spiro atoms. The predicted octanol–water partition coefficient (Wildman–Crippen LogP) is 4.58. The monoisotopic (exact) mass is 495 g/mol. The highest BCUT2D eigenvalue weighted by atomic mass is 32.2. The molecule has 4 heterocycles. The lowest BCUT2D eigenvalue weighted by Crippen LogP contribution is -2.48. The molecule has 1 amide bonds. The minimum atomic E-state index is -0.261. The predicted molar refractivity (Wildman–Crippen MR) is 129 cm³/mol. The first-order valence-corrected chi connectivity index (χ1v) is 12.7. The molecular formula is C24H22FN5O2S2. The van der Waals surface area contributed by atoms with E-state index < -0.39 is 0 Å². The minimum Gasteiger partial charge on any atom is -0.338 e. The number of amides is 1. The van der Waals surface area contributed by atoms with Crippen LogP contribution >= 0.6 is 23.1 Å². The van der Waals surface area contributed by atoms with Gasteiger partial charge in [-0.1, -0.05) is 23.4 Å². The molecule has 0 radical (unpaired) electrons. The topological polar surface area (TPSA) is 75.4 Å². The number of aromatic nitrogens is 3. The van der Waals surface area contributed by atoms with Gasteiger partial charge in [0.25, 0.3) is 5.91 Å². The van der Waals surface area contributed by atoms with Gasteiger partial charge in [-0.05, 0) is 41.3 Å². The van der Waals surface area contributed by atoms with E-state index in [1.54, 1.807) is 35.7 Å². The molecular weight excluding hydrogens is 473 g/mol. The Balaban J connectivity index is 1.17. The fourth-order valence-electron chi connectivity index (χ4n) is 3.70. The van der Waals surface area contributed by atoms with Gasteiger partial charge in [0.05, 0.1) is 17.0 Å². The van der Waals surface area contributed by atoms with Gasteiger partial charge in [-0.25, -0.2) is 9.37 Å². The number of hydrogen-bond donors (Lipinski definition) is 0. The average Bonchev–Trinajstić information content (AvgIpc) is 3.56. The Morgan fingerprint density at radius 1 is 1.09 bits per heavy atom. The van der Waals surface area contributed by atoms with Crippen LogP contribution in [0.2, 0.25) is 0 Å². The summed E-state index contributed by atoms with van der Waals surface area (Å²) in [7, 11) is 0. The van der Waals surface area contributed by atoms with Crippen LogP contribution in [0.5, 0.6) is 0 Å². The quantitative estimate of drug-likeness (QED) is 0.347. The van der Waals surface area contributed by atoms with Gasteiger partial charge in [0.15, 0.2) is 0 Å². The van der Waals surface area contributed by atoms with Crippen molar-refractivity contribution in [3.05, 3.63) is 82.9 Å². The van der Waals surface area contributed by atoms with E-state index in [2.05, 4.69) is 20.0 Å². The van der Waals surface area contributed by atoms with Crippen LogP contribution in [0.3, 0.4) is 0 Å². The van der Waals surface area contributed by atoms with Crippen LogP contribution in [0.1, 0.15) is 21.8 Å². The molecule has 1 fully saturated rings. The number of hydrogen-bond acceptors (Lipinski definition) is 8. The van der Waals surface area contributed by atoms with Crippen LogP contribution in [-0.4, -0.2) is 57.0 Å². The Labute approximate surface area is 204 Å². The van der Waals surface area contributed by atoms with E-state index >= 15 is 0 Å². The maximum absolute atomic E-state index is 13.2. The van der Waals surface area contributed by atoms with Gasteiger partial charge in [0.2, 0.25) is 11.7 Å². The molecule has 1 aliphatic heterocycles. The zero-order valence-corrected chi connectivity index (χ0v) is 19.9. The second-order valence-electron chi connectivity index (χ2n) is 7.83. The van der Waals surface area contributed by atoms with Gasteiger partial charge in [0, 0.05) is 38.1 Å². The van der Waals surface area contributed by atoms with Crippen LogP contribution in [0.15, 0.2) is 69.7 Å². The summed E-state index contributed by atoms with van der Waals surface area (Å²) in [6.07, 6.45) is 1.69. The van der Waals surface area contributed by atoms with Crippen LogP contribution in [0.25, 0.3) is 10.7 Å². The molecule has 1 saturated heterocycles. The lowest BCUT2D eigenvalue weighted by Gasteiger charge is -2.34. The second kappa shape index (κ2) is 10.5. The SMILES string of the molecule is O=C(c1cccnc1SCc1ccc(F)cc1)N1CCN(Cc2nc(-c3cccs3)no2)CC1. The van der Waals surface area contributed by atoms with Crippen molar-refractivity contribution in [2.75, 3.05) is 26.2 Å². The first-order chi connectivity index (χ1) is 16.7. The van der Waals surface area contributed by atoms with E-state index in [-0.39, 0.29) is 11.7 Å². The molecule has 3 aromatic heterocycles. The summed E-state index contributed by atoms with van der Waals surface area (Å²) in [5.74, 6) is 1.52. The third kappa shape index (κ3) is 5.35. The third-order valence-electron chi connectivity index (χ3n) is 5.52. The molecule has 0 aliphatic carbocycles. The van der Waals surface area contributed by atoms with Crippen molar-refractivity contribution in [2.24, 2.45) is 0 Å². The molecule has 34 heavy (non-hydrogen) atoms. The fraction of sp³-hybridized carbons (Fsp3) is 0.250. The summed E-state index contributed by atoms with van der Waals surface area (Å²) in [4.78, 5) is 27.2. The summed E-state index contributed by atoms with van der Waals surface area (Å²) in [6.45, 7) is 3.23. The van der Waals surface area contributed by atoms with Crippen molar-refractivity contribution in [3.63, 3.8) is 0 Å². The molecule has 1 aliphatic rings. The zero-order chi connectivity index (χ0) is 23.3. The Morgan fingerprint density at radius 2 is 1.91 bits per heavy atom. The molecule has 0 N–H and O–H groups in total. The molecule has 0 bridgehead atoms. The van der Waals surface area contributed by atoms with Crippen molar-refractivity contribution in [2.45, 2.75) is 17.3 Å². The van der Waals surface area contributed by atoms with Crippen LogP contribution in [0.4, 0.5) is 4.39 Å². The molecule has 174 valence electrons. The lowest BCUT2D eigenvalue weighted by molar-refractivity contribution is 0.0611. The number of rotatable bonds is 7. The number of thiophene rings is 1. The standard InChI is InChI=1S/C24H22FN5O2S2/c25-18-7-5-17(6-8-18)16-34-23-19(3-1-9-26-23)24(31)30-12-10-29(11-13-30)15-21-27-22(28-32-21)20-4-2-14-33-20/h1-9,14H,10-13,15-16H2. The average molecular weight is 496 g/mol. The van der Waals surface area contributed by atoms with Gasteiger partial charge >= 0.3 is 0 Å². The van der Waals surface area contributed by atoms with Crippen molar-refractivity contribution < 1.29 is 13.7 Å². The number of pyridine rings is 1. The number of benzene rings is 1. The highest BCUT2D eigenvalue weighted by Crippen LogP contribution is 2.26. The highest BCUT2D eigenvalue weighted by molar-refractivity contribution is 7.98. The van der Waals surface area contributed by atoms with E-state index in [1.165, 1.54) is 23.9 Å². The van der Waals surface area contributed by atoms with Crippen molar-refractivity contribution in [1.82, 2.24) is 24.9 Å². The minimum absolute atomic E-state index is 0.0212. The molecule has 1 aromatic carbocycles. The van der Waals surface area contributed by atoms with Gasteiger partial charge in [-0.3, -0.25) is 9.69 Å². The number of thioether (sulfide) groups is 1. The molecule has 0 atom stereocenters. The van der Waals surface area contributed by atoms with Crippen LogP contribution in [0, 0.1) is 5.82 Å². The Hall–Kier alpha value is -3.08. The maximum Gasteiger partial charge on any atom is 0.256 e. The molecule has 0 unspecified atom stereocenters. The van der Waals surface area contributed by atoms with Crippen molar-refractivity contribution >= 4 is 29.0 Å². The summed E-state index contributed by atoms with van der Waals surface area (Å²) >= 11 is 3.06. The van der Waals surface area contributed by atoms with Gasteiger partial charge in [0.1, 0.15) is 10.8 Å². The summed E-state index contributed by atoms with van der Waals surface area (Å²) in [5, 5.41) is 6.73. The van der Waals surface area contributed by atoms with E-state index in [4.69, 9.17) is 4.52 Å². The number of halogens is 1. The maximum atomic E-state index is 13.2. The van der Waals surface area contributed by atoms with Gasteiger partial charge in [-0.2, -0.15) is 4.98 Å². The van der Waals surface area contributed by atoms with E-state index in [1.807, 2.05) is 28.5 Å². The van der Waals surface area contributed by atoms with Crippen molar-refractivity contribution in [3.8, 4) is 10.7 Å². The van der Waals surface area contributed by atoms with E-state index in [9.17, 15) is 9.18 Å². The summed E-state index contributed by atoms with van der Waals surface area (Å²) in [6, 6.07) is 13.9. The molecule has 7 nitrogen and oxygen atoms in total. The lowest BCUT2D eigenvalue weighted by atomic mass is 10.2. The highest BCUT2D eigenvalue weighted by Gasteiger charge is 2.25. The van der Waals surface area contributed by atoms with E-state index in [0.717, 1.165) is 23.5 Å². The number of nitrogens with zero attached hydrogens (tertiary/aromatic N) is 5. The van der Waals surface area contributed by atoms with Gasteiger partial charge < -0.3 is 9.42 Å². The Bertz CT molecular complexity index is 1240. The first-order valence-electron chi connectivity index (χ1n) is 10.9. The van der Waals surface area contributed by atoms with Crippen LogP contribution < -0.4 is 0 Å². The fourth-order valence-corrected chi connectivity index (χ4v) is 5.29. The smallest absolute Gasteiger partial charge is 0.256 e. The van der Waals surface area contributed by atoms with E-state index in [0.29, 0.717) is 47.7 Å². The van der Waals surface area contributed by atoms with Crippen molar-refractivity contribution in [1.29, 1.82) is 0 Å². The van der Waals surface area contributed by atoms with Crippen LogP contribution in [-0.2, 0) is 12.3 Å². The first kappa shape index (κ1) is 22.7. The largest absolute Gasteiger partial charge is 0.338 e. The summed E-state index contributed by atoms with van der Waals surface area (Å²) < 4.78 is 18.6. The third-order valence-corrected chi connectivity index (χ3v) is 7.46. The number of piperazine rings is 1. The molecule has 10 heteroatoms. The van der Waals surface area contributed by atoms with Gasteiger partial charge in [-0.15, -0.1) is 23.1 Å². The normalized spacial score (nSPS) is 14.4. The zero-order valence-electron chi connectivity index (χ0n) is 18.3. The molecule has 5 rings (SSSR count). The Morgan fingerprint density at radius 3 is 2.68 bits per heavy atom. The molecule has 4 aromatic rings.